The van der Waals surface area contributed by atoms with Crippen molar-refractivity contribution >= 4 is 52.1 Å². The van der Waals surface area contributed by atoms with Crippen molar-refractivity contribution in [2.45, 2.75) is 31.0 Å². The van der Waals surface area contributed by atoms with E-state index in [1.807, 2.05) is 5.32 Å². The van der Waals surface area contributed by atoms with Crippen molar-refractivity contribution in [3.05, 3.63) is 41.0 Å². The summed E-state index contributed by atoms with van der Waals surface area (Å²) in [6.07, 6.45) is -5.59. The number of fused-ring (bicyclic) bond motifs is 3. The lowest BCUT2D eigenvalue weighted by Crippen LogP contribution is -2.68. The Labute approximate surface area is 252 Å². The van der Waals surface area contributed by atoms with E-state index >= 15 is 0 Å². The minimum atomic E-state index is -4.95. The number of Topliss-reactive ketones (excluding diaryl/α,β-unsaturated/α-hetero) is 4. The molecule has 0 bridgehead atoms. The molecule has 0 radical (unpaired) electrons. The lowest BCUT2D eigenvalue weighted by Gasteiger charge is -2.48. The summed E-state index contributed by atoms with van der Waals surface area (Å²) in [6, 6.07) is 2.15. The van der Waals surface area contributed by atoms with Crippen molar-refractivity contribution in [2.24, 2.45) is 29.4 Å². The molecule has 45 heavy (non-hydrogen) atoms. The normalized spacial score (nSPS) is 26.0. The number of primary amides is 1. The topological polar surface area (TPSA) is 216 Å². The van der Waals surface area contributed by atoms with Gasteiger partial charge in [-0.2, -0.15) is 13.2 Å². The summed E-state index contributed by atoms with van der Waals surface area (Å²) in [7, 11) is 3.15. The molecule has 3 amide bonds. The van der Waals surface area contributed by atoms with Gasteiger partial charge in [-0.3, -0.25) is 24.0 Å². The Balaban J connectivity index is 1.52. The monoisotopic (exact) mass is 632 g/mol. The van der Waals surface area contributed by atoms with Crippen LogP contribution >= 0.6 is 0 Å². The summed E-state index contributed by atoms with van der Waals surface area (Å²) in [5.41, 5.74) is -0.0138. The van der Waals surface area contributed by atoms with E-state index in [1.165, 1.54) is 11.0 Å². The molecule has 5 atom stereocenters. The van der Waals surface area contributed by atoms with Gasteiger partial charge < -0.3 is 36.6 Å². The van der Waals surface area contributed by atoms with E-state index in [-0.39, 0.29) is 18.4 Å². The van der Waals surface area contributed by atoms with Crippen LogP contribution in [0.2, 0.25) is 0 Å². The van der Waals surface area contributed by atoms with E-state index in [0.717, 1.165) is 12.1 Å². The maximum Gasteiger partial charge on any atom is 0.418 e. The molecule has 7 N–H and O–H groups in total. The predicted octanol–water partition coefficient (Wildman–Crippen LogP) is 1.76. The number of aliphatic hydroxyl groups is 1. The number of hydrogen-bond donors (Lipinski definition) is 6. The number of rotatable bonds is 4. The second-order valence-corrected chi connectivity index (χ2v) is 11.6. The molecule has 0 spiro atoms. The molecule has 2 aromatic carbocycles. The highest BCUT2D eigenvalue weighted by molar-refractivity contribution is 6.31. The zero-order chi connectivity index (χ0) is 33.3. The Morgan fingerprint density at radius 1 is 1.00 bits per heavy atom. The number of halogens is 3. The Kier molecular flexibility index (Phi) is 7.39. The van der Waals surface area contributed by atoms with Crippen LogP contribution in [0.25, 0.3) is 0 Å². The lowest BCUT2D eigenvalue weighted by molar-refractivity contribution is -0.175. The molecule has 5 rings (SSSR count). The second-order valence-electron chi connectivity index (χ2n) is 11.6. The summed E-state index contributed by atoms with van der Waals surface area (Å²) < 4.78 is 40.4. The molecular weight excluding hydrogens is 605 g/mol. The van der Waals surface area contributed by atoms with Gasteiger partial charge in [0.25, 0.3) is 0 Å². The summed E-state index contributed by atoms with van der Waals surface area (Å²) in [5, 5.41) is 36.2. The van der Waals surface area contributed by atoms with Crippen LogP contribution in [0.15, 0.2) is 24.3 Å². The molecule has 2 aromatic rings. The van der Waals surface area contributed by atoms with Gasteiger partial charge in [-0.05, 0) is 48.6 Å². The number of benzene rings is 2. The number of nitrogens with two attached hydrogens (primary N) is 1. The van der Waals surface area contributed by atoms with Crippen LogP contribution in [0.3, 0.4) is 0 Å². The molecule has 16 heteroatoms. The Bertz CT molecular complexity index is 1710. The molecular formula is C29H27F3N4O9. The van der Waals surface area contributed by atoms with Crippen LogP contribution in [-0.4, -0.2) is 70.1 Å². The molecule has 3 aliphatic rings. The summed E-state index contributed by atoms with van der Waals surface area (Å²) in [6.45, 7) is 0. The number of nitrogens with zero attached hydrogens (tertiary/aromatic N) is 1. The number of nitrogens with one attached hydrogen (secondary N) is 2. The first kappa shape index (κ1) is 31.4. The molecule has 0 aromatic heterocycles. The predicted molar refractivity (Wildman–Crippen MR) is 149 cm³/mol. The molecule has 13 nitrogen and oxygen atoms in total. The van der Waals surface area contributed by atoms with Gasteiger partial charge in [0, 0.05) is 32.1 Å². The number of urea groups is 1. The maximum atomic E-state index is 13.9. The standard InChI is InChI=1S/C29H27F3N4O9/c1-36(2)17-9-16(35-27(44)34-15-4-3-12(37)8-14(15)29(30,31)32)22(39)20-13(17)6-10-5-11-7-18(38)21(26(33)43)25(42)28(11,45)24(41)19(10)23(20)40/h3-4,8-11,19,21,37,39,45H,5-7H2,1-2H3,(H2,33,43)(H2,34,35,44)/t10-,11+,19?,21?,28+/m1/s1. The SMILES string of the molecule is CN(C)c1cc(NC(=O)Nc2ccc(O)cc2C(F)(F)F)c(O)c2c1C[C@H]1C[C@H]3CC(=O)C(C(N)=O)C(=O)[C@@]3(O)C(=O)C1C2=O. The van der Waals surface area contributed by atoms with Gasteiger partial charge in [0.05, 0.1) is 28.4 Å². The summed E-state index contributed by atoms with van der Waals surface area (Å²) in [5.74, 6) is -13.1. The van der Waals surface area contributed by atoms with E-state index < -0.39 is 111 Å². The second kappa shape index (κ2) is 10.6. The number of amides is 3. The number of ketones is 4. The van der Waals surface area contributed by atoms with Crippen molar-refractivity contribution in [1.29, 1.82) is 0 Å². The van der Waals surface area contributed by atoms with Crippen molar-refractivity contribution in [2.75, 3.05) is 29.6 Å². The fourth-order valence-electron chi connectivity index (χ4n) is 6.66. The zero-order valence-corrected chi connectivity index (χ0v) is 23.7. The van der Waals surface area contributed by atoms with Crippen LogP contribution in [0.1, 0.15) is 34.3 Å². The molecule has 0 heterocycles. The zero-order valence-electron chi connectivity index (χ0n) is 23.7. The highest BCUT2D eigenvalue weighted by atomic mass is 19.4. The quantitative estimate of drug-likeness (QED) is 0.163. The summed E-state index contributed by atoms with van der Waals surface area (Å²) >= 11 is 0. The first-order valence-corrected chi connectivity index (χ1v) is 13.6. The van der Waals surface area contributed by atoms with Crippen LogP contribution in [0, 0.1) is 23.7 Å². The number of hydrogen-bond acceptors (Lipinski definition) is 10. The van der Waals surface area contributed by atoms with Gasteiger partial charge in [-0.15, -0.1) is 0 Å². The number of phenolic OH excluding ortho intramolecular Hbond substituents is 2. The minimum Gasteiger partial charge on any atom is -0.508 e. The largest absolute Gasteiger partial charge is 0.508 e. The summed E-state index contributed by atoms with van der Waals surface area (Å²) in [4.78, 5) is 79.4. The Hall–Kier alpha value is -4.99. The number of alkyl halides is 3. The molecule has 0 saturated heterocycles. The van der Waals surface area contributed by atoms with Crippen LogP contribution < -0.4 is 21.3 Å². The third kappa shape index (κ3) is 4.94. The molecule has 0 aliphatic heterocycles. The minimum absolute atomic E-state index is 0.0261. The lowest BCUT2D eigenvalue weighted by atomic mass is 9.53. The molecule has 2 saturated carbocycles. The fourth-order valence-corrected chi connectivity index (χ4v) is 6.66. The van der Waals surface area contributed by atoms with Crippen molar-refractivity contribution in [3.8, 4) is 11.5 Å². The third-order valence-corrected chi connectivity index (χ3v) is 8.67. The number of phenols is 2. The van der Waals surface area contributed by atoms with E-state index in [4.69, 9.17) is 5.73 Å². The van der Waals surface area contributed by atoms with E-state index in [0.29, 0.717) is 11.8 Å². The van der Waals surface area contributed by atoms with E-state index in [2.05, 4.69) is 5.32 Å². The van der Waals surface area contributed by atoms with Gasteiger partial charge in [0.15, 0.2) is 34.7 Å². The van der Waals surface area contributed by atoms with Gasteiger partial charge >= 0.3 is 12.2 Å². The van der Waals surface area contributed by atoms with Gasteiger partial charge in [-0.1, -0.05) is 0 Å². The number of anilines is 3. The van der Waals surface area contributed by atoms with Crippen LogP contribution in [-0.2, 0) is 31.8 Å². The first-order chi connectivity index (χ1) is 20.9. The van der Waals surface area contributed by atoms with Crippen LogP contribution in [0.4, 0.5) is 35.0 Å². The Morgan fingerprint density at radius 2 is 1.64 bits per heavy atom. The van der Waals surface area contributed by atoms with Crippen LogP contribution in [0.5, 0.6) is 11.5 Å². The maximum absolute atomic E-state index is 13.9. The van der Waals surface area contributed by atoms with Gasteiger partial charge in [-0.25, -0.2) is 4.79 Å². The number of carbonyl (C=O) groups excluding carboxylic acids is 6. The fraction of sp³-hybridized carbons (Fsp3) is 0.379. The van der Waals surface area contributed by atoms with E-state index in [9.17, 15) is 57.3 Å². The van der Waals surface area contributed by atoms with Gasteiger partial charge in [0.2, 0.25) is 5.91 Å². The number of carbonyl (C=O) groups is 6. The highest BCUT2D eigenvalue weighted by Gasteiger charge is 2.66. The smallest absolute Gasteiger partial charge is 0.418 e. The van der Waals surface area contributed by atoms with Gasteiger partial charge in [0.1, 0.15) is 11.5 Å². The van der Waals surface area contributed by atoms with Crippen molar-refractivity contribution in [1.82, 2.24) is 0 Å². The molecule has 3 aliphatic carbocycles. The Morgan fingerprint density at radius 3 is 2.24 bits per heavy atom. The average molecular weight is 633 g/mol. The first-order valence-electron chi connectivity index (χ1n) is 13.6. The molecule has 238 valence electrons. The third-order valence-electron chi connectivity index (χ3n) is 8.67. The number of aromatic hydroxyl groups is 2. The average Bonchev–Trinajstić information content (AvgIpc) is 2.92. The van der Waals surface area contributed by atoms with Crippen molar-refractivity contribution in [3.63, 3.8) is 0 Å². The highest BCUT2D eigenvalue weighted by Crippen LogP contribution is 2.52. The van der Waals surface area contributed by atoms with E-state index in [1.54, 1.807) is 14.1 Å². The molecule has 2 fully saturated rings. The molecule has 2 unspecified atom stereocenters. The van der Waals surface area contributed by atoms with Crippen molar-refractivity contribution < 1.29 is 57.3 Å².